The van der Waals surface area contributed by atoms with Gasteiger partial charge in [0.05, 0.1) is 0 Å². The van der Waals surface area contributed by atoms with Crippen molar-refractivity contribution in [1.29, 1.82) is 0 Å². The average Bonchev–Trinajstić information content (AvgIpc) is 1.41. The third-order valence-electron chi connectivity index (χ3n) is 0. The van der Waals surface area contributed by atoms with E-state index >= 15 is 0 Å². The Bertz CT molecular complexity index is 38.8. The third-order valence-corrected chi connectivity index (χ3v) is 0. The maximum absolute atomic E-state index is 9.22. The fourth-order valence-electron chi connectivity index (χ4n) is 0. The van der Waals surface area contributed by atoms with Crippen LogP contribution in [0, 0.1) is 0 Å². The summed E-state index contributed by atoms with van der Waals surface area (Å²) in [6, 6.07) is 0. The van der Waals surface area contributed by atoms with Crippen molar-refractivity contribution in [1.82, 2.24) is 0 Å². The number of carbonyl (C=O) groups excluding carboxylic acids is 1. The Morgan fingerprint density at radius 2 is 1.67 bits per heavy atom. The molecule has 0 aliphatic rings. The van der Waals surface area contributed by atoms with Crippen molar-refractivity contribution in [2.45, 2.75) is 6.92 Å². The standard InChI is InChI=1S/C2H5NO.C2H4/c1-2(3)4;1-2/h1H3,(H2,3,4);1-2H2. The summed E-state index contributed by atoms with van der Waals surface area (Å²) >= 11 is 0. The van der Waals surface area contributed by atoms with Crippen LogP contribution in [0.2, 0.25) is 0 Å². The zero-order valence-electron chi connectivity index (χ0n) is 3.90. The van der Waals surface area contributed by atoms with Gasteiger partial charge in [-0.15, -0.1) is 13.2 Å². The quantitative estimate of drug-likeness (QED) is 0.424. The molecule has 0 aliphatic carbocycles. The van der Waals surface area contributed by atoms with Gasteiger partial charge in [0.15, 0.2) is 0 Å². The molecule has 0 aliphatic heterocycles. The van der Waals surface area contributed by atoms with E-state index in [1.807, 2.05) is 0 Å². The van der Waals surface area contributed by atoms with Crippen LogP contribution in [0.15, 0.2) is 13.2 Å². The van der Waals surface area contributed by atoms with Crippen LogP contribution >= 0.6 is 0 Å². The molecule has 36 valence electrons. The lowest BCUT2D eigenvalue weighted by atomic mass is 10.8. The molecule has 0 bridgehead atoms. The fraction of sp³-hybridized carbons (Fsp3) is 0.250. The Labute approximate surface area is 37.7 Å². The second kappa shape index (κ2) is 8.88. The van der Waals surface area contributed by atoms with Crippen molar-refractivity contribution in [2.24, 2.45) is 5.73 Å². The molecule has 0 aromatic rings. The van der Waals surface area contributed by atoms with E-state index in [2.05, 4.69) is 18.9 Å². The van der Waals surface area contributed by atoms with Gasteiger partial charge in [-0.05, 0) is 0 Å². The Hall–Kier alpha value is -0.790. The summed E-state index contributed by atoms with van der Waals surface area (Å²) in [7, 11) is 0. The first-order valence-corrected chi connectivity index (χ1v) is 1.49. The molecular weight excluding hydrogens is 78.0 g/mol. The number of primary amides is 1. The van der Waals surface area contributed by atoms with Crippen molar-refractivity contribution in [3.05, 3.63) is 13.2 Å². The molecule has 0 aromatic carbocycles. The van der Waals surface area contributed by atoms with Gasteiger partial charge in [-0.1, -0.05) is 0 Å². The lowest BCUT2D eigenvalue weighted by Gasteiger charge is -1.60. The normalized spacial score (nSPS) is 4.83. The Kier molecular flexibility index (Phi) is 13.3. The van der Waals surface area contributed by atoms with Crippen LogP contribution in [0.4, 0.5) is 0 Å². The summed E-state index contributed by atoms with van der Waals surface area (Å²) in [5.74, 6) is -0.333. The van der Waals surface area contributed by atoms with Crippen LogP contribution in [0.25, 0.3) is 0 Å². The van der Waals surface area contributed by atoms with E-state index in [1.54, 1.807) is 0 Å². The van der Waals surface area contributed by atoms with E-state index < -0.39 is 0 Å². The highest BCUT2D eigenvalue weighted by Crippen LogP contribution is 1.33. The van der Waals surface area contributed by atoms with Crippen LogP contribution < -0.4 is 5.73 Å². The monoisotopic (exact) mass is 87.1 g/mol. The van der Waals surface area contributed by atoms with Crippen molar-refractivity contribution in [3.63, 3.8) is 0 Å². The van der Waals surface area contributed by atoms with Crippen molar-refractivity contribution in [3.8, 4) is 0 Å². The summed E-state index contributed by atoms with van der Waals surface area (Å²) < 4.78 is 0. The predicted molar refractivity (Wildman–Crippen MR) is 26.1 cm³/mol. The molecule has 0 atom stereocenters. The van der Waals surface area contributed by atoms with E-state index in [9.17, 15) is 4.79 Å². The second-order valence-electron chi connectivity index (χ2n) is 0.611. The molecule has 0 saturated carbocycles. The summed E-state index contributed by atoms with van der Waals surface area (Å²) in [6.45, 7) is 7.31. The molecule has 0 rings (SSSR count). The van der Waals surface area contributed by atoms with Gasteiger partial charge in [-0.3, -0.25) is 4.79 Å². The largest absolute Gasteiger partial charge is 0.370 e. The van der Waals surface area contributed by atoms with Gasteiger partial charge in [0, 0.05) is 6.92 Å². The van der Waals surface area contributed by atoms with Crippen molar-refractivity contribution in [2.75, 3.05) is 0 Å². The number of hydrogen-bond donors (Lipinski definition) is 1. The SMILES string of the molecule is C=C.CC(N)=O. The highest BCUT2D eigenvalue weighted by molar-refractivity contribution is 5.70. The molecule has 1 amide bonds. The summed E-state index contributed by atoms with van der Waals surface area (Å²) in [6.07, 6.45) is 0. The molecule has 0 radical (unpaired) electrons. The lowest BCUT2D eigenvalue weighted by molar-refractivity contribution is -0.115. The van der Waals surface area contributed by atoms with E-state index in [-0.39, 0.29) is 5.91 Å². The summed E-state index contributed by atoms with van der Waals surface area (Å²) in [5.41, 5.74) is 4.47. The second-order valence-corrected chi connectivity index (χ2v) is 0.611. The third kappa shape index (κ3) is 25.1. The highest BCUT2D eigenvalue weighted by Gasteiger charge is 1.61. The lowest BCUT2D eigenvalue weighted by Crippen LogP contribution is -2.01. The smallest absolute Gasteiger partial charge is 0.214 e. The minimum absolute atomic E-state index is 0.333. The minimum atomic E-state index is -0.333. The van der Waals surface area contributed by atoms with Gasteiger partial charge in [-0.25, -0.2) is 0 Å². The molecule has 6 heavy (non-hydrogen) atoms. The molecule has 0 aromatic heterocycles. The average molecular weight is 87.1 g/mol. The van der Waals surface area contributed by atoms with Crippen LogP contribution in [-0.4, -0.2) is 5.91 Å². The Balaban J connectivity index is 0. The predicted octanol–water partition coefficient (Wildman–Crippen LogP) is 0.294. The first kappa shape index (κ1) is 8.96. The fourth-order valence-corrected chi connectivity index (χ4v) is 0. The van der Waals surface area contributed by atoms with Gasteiger partial charge in [0.1, 0.15) is 0 Å². The Morgan fingerprint density at radius 3 is 1.67 bits per heavy atom. The van der Waals surface area contributed by atoms with Crippen LogP contribution in [0.3, 0.4) is 0 Å². The van der Waals surface area contributed by atoms with E-state index in [0.717, 1.165) is 0 Å². The molecule has 0 saturated heterocycles. The zero-order chi connectivity index (χ0) is 5.58. The van der Waals surface area contributed by atoms with Crippen molar-refractivity contribution >= 4 is 5.91 Å². The first-order valence-electron chi connectivity index (χ1n) is 1.49. The molecule has 0 unspecified atom stereocenters. The highest BCUT2D eigenvalue weighted by atomic mass is 16.1. The topological polar surface area (TPSA) is 43.1 Å². The minimum Gasteiger partial charge on any atom is -0.370 e. The maximum Gasteiger partial charge on any atom is 0.214 e. The van der Waals surface area contributed by atoms with Gasteiger partial charge >= 0.3 is 0 Å². The Morgan fingerprint density at radius 1 is 1.67 bits per heavy atom. The first-order chi connectivity index (χ1) is 2.73. The van der Waals surface area contributed by atoms with E-state index in [4.69, 9.17) is 0 Å². The van der Waals surface area contributed by atoms with Crippen LogP contribution in [0.1, 0.15) is 6.92 Å². The van der Waals surface area contributed by atoms with Crippen LogP contribution in [-0.2, 0) is 4.79 Å². The van der Waals surface area contributed by atoms with Crippen molar-refractivity contribution < 1.29 is 4.79 Å². The molecule has 2 N–H and O–H groups in total. The summed E-state index contributed by atoms with van der Waals surface area (Å²) in [4.78, 5) is 9.22. The molecule has 0 fully saturated rings. The molecular formula is C4H9NO. The number of hydrogen-bond acceptors (Lipinski definition) is 1. The molecule has 0 heterocycles. The van der Waals surface area contributed by atoms with E-state index in [1.165, 1.54) is 6.92 Å². The maximum atomic E-state index is 9.22. The van der Waals surface area contributed by atoms with Gasteiger partial charge in [0.2, 0.25) is 5.91 Å². The molecule has 2 heteroatoms. The van der Waals surface area contributed by atoms with E-state index in [0.29, 0.717) is 0 Å². The summed E-state index contributed by atoms with van der Waals surface area (Å²) in [5, 5.41) is 0. The van der Waals surface area contributed by atoms with Gasteiger partial charge in [0.25, 0.3) is 0 Å². The van der Waals surface area contributed by atoms with Gasteiger partial charge in [-0.2, -0.15) is 0 Å². The van der Waals surface area contributed by atoms with Crippen LogP contribution in [0.5, 0.6) is 0 Å². The zero-order valence-corrected chi connectivity index (χ0v) is 3.90. The number of rotatable bonds is 0. The van der Waals surface area contributed by atoms with Gasteiger partial charge < -0.3 is 5.73 Å². The number of nitrogens with two attached hydrogens (primary N) is 1. The molecule has 0 spiro atoms. The molecule has 2 nitrogen and oxygen atoms in total. The number of amides is 1. The number of carbonyl (C=O) groups is 1.